The summed E-state index contributed by atoms with van der Waals surface area (Å²) in [7, 11) is 0. The van der Waals surface area contributed by atoms with Crippen LogP contribution in [-0.4, -0.2) is 11.4 Å². The Morgan fingerprint density at radius 2 is 1.23 bits per heavy atom. The van der Waals surface area contributed by atoms with Gasteiger partial charge in [0.15, 0.2) is 0 Å². The van der Waals surface area contributed by atoms with Crippen molar-refractivity contribution in [1.82, 2.24) is 0 Å². The van der Waals surface area contributed by atoms with E-state index in [1.807, 2.05) is 48.5 Å². The quantitative estimate of drug-likeness (QED) is 0.548. The average molecular weight is 357 g/mol. The van der Waals surface area contributed by atoms with Crippen LogP contribution >= 0.6 is 11.6 Å². The third-order valence-electron chi connectivity index (χ3n) is 4.34. The van der Waals surface area contributed by atoms with Gasteiger partial charge in [0.1, 0.15) is 0 Å². The zero-order valence-corrected chi connectivity index (χ0v) is 14.9. The Kier molecular flexibility index (Phi) is 4.76. The molecular weight excluding hydrogens is 340 g/mol. The normalized spacial score (nSPS) is 14.1. The van der Waals surface area contributed by atoms with Gasteiger partial charge in [-0.25, -0.2) is 0 Å². The summed E-state index contributed by atoms with van der Waals surface area (Å²) < 4.78 is 0. The smallest absolute Gasteiger partial charge is 0.0932 e. The van der Waals surface area contributed by atoms with Crippen LogP contribution in [0.2, 0.25) is 5.02 Å². The topological polar surface area (TPSA) is 24.7 Å². The molecule has 4 rings (SSSR count). The Bertz CT molecular complexity index is 985. The van der Waals surface area contributed by atoms with Crippen molar-refractivity contribution in [3.63, 3.8) is 0 Å². The van der Waals surface area contributed by atoms with Gasteiger partial charge >= 0.3 is 0 Å². The van der Waals surface area contributed by atoms with Crippen molar-refractivity contribution in [2.24, 2.45) is 10.2 Å². The molecule has 3 heteroatoms. The molecule has 0 amide bonds. The van der Waals surface area contributed by atoms with E-state index in [9.17, 15) is 0 Å². The van der Waals surface area contributed by atoms with E-state index in [4.69, 9.17) is 11.6 Å². The molecule has 2 nitrogen and oxygen atoms in total. The fourth-order valence-electron chi connectivity index (χ4n) is 2.96. The van der Waals surface area contributed by atoms with Gasteiger partial charge in [0.2, 0.25) is 0 Å². The van der Waals surface area contributed by atoms with Gasteiger partial charge in [-0.05, 0) is 34.9 Å². The monoisotopic (exact) mass is 356 g/mol. The maximum absolute atomic E-state index is 6.03. The predicted molar refractivity (Wildman–Crippen MR) is 110 cm³/mol. The highest BCUT2D eigenvalue weighted by molar-refractivity contribution is 6.30. The Morgan fingerprint density at radius 3 is 1.88 bits per heavy atom. The fraction of sp³-hybridized carbons (Fsp3) is 0.0435. The number of benzene rings is 3. The first-order chi connectivity index (χ1) is 12.8. The molecule has 0 saturated heterocycles. The van der Waals surface area contributed by atoms with Crippen LogP contribution in [0.1, 0.15) is 23.1 Å². The number of rotatable bonds is 3. The highest BCUT2D eigenvalue weighted by Gasteiger charge is 2.14. The van der Waals surface area contributed by atoms with Crippen molar-refractivity contribution in [3.8, 4) is 0 Å². The molecule has 0 aromatic heterocycles. The molecule has 0 atom stereocenters. The van der Waals surface area contributed by atoms with Crippen molar-refractivity contribution in [2.75, 3.05) is 0 Å². The Hall–Kier alpha value is -2.97. The number of nitrogens with zero attached hydrogens (tertiary/aromatic N) is 2. The second-order valence-corrected chi connectivity index (χ2v) is 6.55. The van der Waals surface area contributed by atoms with E-state index >= 15 is 0 Å². The first-order valence-electron chi connectivity index (χ1n) is 8.51. The minimum absolute atomic E-state index is 0.714. The first kappa shape index (κ1) is 16.5. The van der Waals surface area contributed by atoms with Gasteiger partial charge in [0.25, 0.3) is 0 Å². The molecule has 0 fully saturated rings. The lowest BCUT2D eigenvalue weighted by Crippen LogP contribution is -2.01. The van der Waals surface area contributed by atoms with Crippen LogP contribution in [0.3, 0.4) is 0 Å². The van der Waals surface area contributed by atoms with Crippen LogP contribution in [0.25, 0.3) is 5.57 Å². The van der Waals surface area contributed by atoms with Crippen molar-refractivity contribution in [3.05, 3.63) is 113 Å². The lowest BCUT2D eigenvalue weighted by Gasteiger charge is -2.09. The van der Waals surface area contributed by atoms with Gasteiger partial charge in [-0.1, -0.05) is 84.4 Å². The summed E-state index contributed by atoms with van der Waals surface area (Å²) in [5.41, 5.74) is 6.27. The highest BCUT2D eigenvalue weighted by atomic mass is 35.5. The zero-order valence-electron chi connectivity index (χ0n) is 14.1. The molecule has 1 aliphatic heterocycles. The maximum atomic E-state index is 6.03. The molecule has 0 saturated carbocycles. The fourth-order valence-corrected chi connectivity index (χ4v) is 3.09. The average Bonchev–Trinajstić information content (AvgIpc) is 2.93. The number of allylic oxidation sites excluding steroid dienone is 2. The van der Waals surface area contributed by atoms with Crippen LogP contribution in [0.4, 0.5) is 0 Å². The summed E-state index contributed by atoms with van der Waals surface area (Å²) in [6, 6.07) is 28.3. The van der Waals surface area contributed by atoms with Gasteiger partial charge < -0.3 is 0 Å². The summed E-state index contributed by atoms with van der Waals surface area (Å²) in [6.07, 6.45) is 2.85. The minimum atomic E-state index is 0.714. The molecule has 126 valence electrons. The molecular formula is C23H17ClN2. The van der Waals surface area contributed by atoms with E-state index in [0.717, 1.165) is 27.6 Å². The third kappa shape index (κ3) is 3.66. The molecule has 1 aliphatic rings. The van der Waals surface area contributed by atoms with Crippen molar-refractivity contribution in [2.45, 2.75) is 6.42 Å². The van der Waals surface area contributed by atoms with E-state index in [1.54, 1.807) is 0 Å². The zero-order chi connectivity index (χ0) is 17.8. The largest absolute Gasteiger partial charge is 0.154 e. The van der Waals surface area contributed by atoms with E-state index in [0.29, 0.717) is 6.42 Å². The van der Waals surface area contributed by atoms with Crippen LogP contribution in [0.5, 0.6) is 0 Å². The standard InChI is InChI=1S/C23H17ClN2/c24-21-13-11-19(12-14-21)23-16-20(17-7-3-1-4-8-17)15-22(25-26-23)18-9-5-2-6-10-18/h1-15H,16H2. The van der Waals surface area contributed by atoms with Crippen LogP contribution in [-0.2, 0) is 0 Å². The van der Waals surface area contributed by atoms with Crippen molar-refractivity contribution < 1.29 is 0 Å². The number of hydrogen-bond acceptors (Lipinski definition) is 2. The Balaban J connectivity index is 1.81. The number of hydrogen-bond donors (Lipinski definition) is 0. The Labute approximate surface area is 158 Å². The third-order valence-corrected chi connectivity index (χ3v) is 4.59. The van der Waals surface area contributed by atoms with Gasteiger partial charge in [-0.3, -0.25) is 0 Å². The van der Waals surface area contributed by atoms with E-state index < -0.39 is 0 Å². The molecule has 0 N–H and O–H groups in total. The molecule has 0 bridgehead atoms. The van der Waals surface area contributed by atoms with E-state index in [2.05, 4.69) is 52.7 Å². The van der Waals surface area contributed by atoms with Crippen molar-refractivity contribution >= 4 is 28.6 Å². The van der Waals surface area contributed by atoms with E-state index in [1.165, 1.54) is 11.1 Å². The second kappa shape index (κ2) is 7.51. The van der Waals surface area contributed by atoms with Gasteiger partial charge in [0, 0.05) is 17.0 Å². The van der Waals surface area contributed by atoms with Gasteiger partial charge in [-0.15, -0.1) is 0 Å². The molecule has 3 aromatic carbocycles. The molecule has 26 heavy (non-hydrogen) atoms. The minimum Gasteiger partial charge on any atom is -0.154 e. The first-order valence-corrected chi connectivity index (χ1v) is 8.89. The summed E-state index contributed by atoms with van der Waals surface area (Å²) in [5, 5.41) is 9.83. The van der Waals surface area contributed by atoms with Gasteiger partial charge in [0.05, 0.1) is 11.4 Å². The molecule has 0 unspecified atom stereocenters. The second-order valence-electron chi connectivity index (χ2n) is 6.12. The van der Waals surface area contributed by atoms with Crippen molar-refractivity contribution in [1.29, 1.82) is 0 Å². The summed E-state index contributed by atoms with van der Waals surface area (Å²) in [4.78, 5) is 0. The molecule has 3 aromatic rings. The Morgan fingerprint density at radius 1 is 0.615 bits per heavy atom. The SMILES string of the molecule is Clc1ccc(C2=NN=C(c3ccccc3)C=C(c3ccccc3)C2)cc1. The predicted octanol–water partition coefficient (Wildman–Crippen LogP) is 6.02. The number of halogens is 1. The summed E-state index contributed by atoms with van der Waals surface area (Å²) in [5.74, 6) is 0. The molecule has 0 aliphatic carbocycles. The van der Waals surface area contributed by atoms with E-state index in [-0.39, 0.29) is 0 Å². The lowest BCUT2D eigenvalue weighted by molar-refractivity contribution is 1.22. The summed E-state index contributed by atoms with van der Waals surface area (Å²) >= 11 is 6.03. The van der Waals surface area contributed by atoms with Crippen LogP contribution < -0.4 is 0 Å². The van der Waals surface area contributed by atoms with Crippen LogP contribution in [0.15, 0.2) is 101 Å². The molecule has 0 radical (unpaired) electrons. The molecule has 0 spiro atoms. The molecule has 1 heterocycles. The van der Waals surface area contributed by atoms with Gasteiger partial charge in [-0.2, -0.15) is 10.2 Å². The van der Waals surface area contributed by atoms with Crippen LogP contribution in [0, 0.1) is 0 Å². The highest BCUT2D eigenvalue weighted by Crippen LogP contribution is 2.25. The summed E-state index contributed by atoms with van der Waals surface area (Å²) in [6.45, 7) is 0. The maximum Gasteiger partial charge on any atom is 0.0932 e. The lowest BCUT2D eigenvalue weighted by atomic mass is 9.95.